The minimum atomic E-state index is -0.448. The van der Waals surface area contributed by atoms with Crippen molar-refractivity contribution in [3.63, 3.8) is 0 Å². The monoisotopic (exact) mass is 329 g/mol. The summed E-state index contributed by atoms with van der Waals surface area (Å²) in [5, 5.41) is 18.5. The number of aryl methyl sites for hydroxylation is 1. The van der Waals surface area contributed by atoms with Gasteiger partial charge in [0, 0.05) is 56.6 Å². The lowest BCUT2D eigenvalue weighted by molar-refractivity contribution is -0.384. The Kier molecular flexibility index (Phi) is 4.30. The average Bonchev–Trinajstić information content (AvgIpc) is 2.96. The molecule has 1 aliphatic heterocycles. The SMILES string of the molecule is CC1CN(C(=O)c2cn(C)nc2-c2ccc([N+](=O)[O-])cc2)CCN1. The molecule has 0 aliphatic carbocycles. The summed E-state index contributed by atoms with van der Waals surface area (Å²) in [5.41, 5.74) is 1.76. The van der Waals surface area contributed by atoms with Gasteiger partial charge in [-0.05, 0) is 19.1 Å². The van der Waals surface area contributed by atoms with Crippen LogP contribution in [0.4, 0.5) is 5.69 Å². The van der Waals surface area contributed by atoms with Crippen LogP contribution in [0.2, 0.25) is 0 Å². The van der Waals surface area contributed by atoms with E-state index in [0.717, 1.165) is 6.54 Å². The number of piperazine rings is 1. The van der Waals surface area contributed by atoms with Crippen LogP contribution in [-0.2, 0) is 7.05 Å². The van der Waals surface area contributed by atoms with Gasteiger partial charge in [0.2, 0.25) is 0 Å². The predicted octanol–water partition coefficient (Wildman–Crippen LogP) is 1.43. The van der Waals surface area contributed by atoms with Gasteiger partial charge < -0.3 is 10.2 Å². The molecule has 1 aromatic carbocycles. The van der Waals surface area contributed by atoms with Gasteiger partial charge in [-0.15, -0.1) is 0 Å². The molecule has 3 rings (SSSR count). The van der Waals surface area contributed by atoms with Gasteiger partial charge in [-0.25, -0.2) is 0 Å². The van der Waals surface area contributed by atoms with Crippen LogP contribution >= 0.6 is 0 Å². The Balaban J connectivity index is 1.92. The van der Waals surface area contributed by atoms with Gasteiger partial charge in [0.15, 0.2) is 0 Å². The van der Waals surface area contributed by atoms with E-state index in [1.54, 1.807) is 30.1 Å². The van der Waals surface area contributed by atoms with E-state index in [1.807, 2.05) is 11.8 Å². The highest BCUT2D eigenvalue weighted by Gasteiger charge is 2.26. The first-order chi connectivity index (χ1) is 11.5. The standard InChI is InChI=1S/C16H19N5O3/c1-11-9-20(8-7-17-11)16(22)14-10-19(2)18-15(14)12-3-5-13(6-4-12)21(23)24/h3-6,10-11,17H,7-9H2,1-2H3. The molecule has 1 amide bonds. The highest BCUT2D eigenvalue weighted by Crippen LogP contribution is 2.25. The molecular formula is C16H19N5O3. The Labute approximate surface area is 139 Å². The number of benzene rings is 1. The number of carbonyl (C=O) groups is 1. The molecule has 0 saturated carbocycles. The zero-order valence-electron chi connectivity index (χ0n) is 13.6. The molecule has 1 unspecified atom stereocenters. The van der Waals surface area contributed by atoms with Gasteiger partial charge >= 0.3 is 0 Å². The Hall–Kier alpha value is -2.74. The van der Waals surface area contributed by atoms with Crippen LogP contribution in [0, 0.1) is 10.1 Å². The van der Waals surface area contributed by atoms with Crippen LogP contribution < -0.4 is 5.32 Å². The number of nitrogens with zero attached hydrogens (tertiary/aromatic N) is 4. The Morgan fingerprint density at radius 3 is 2.71 bits per heavy atom. The number of non-ortho nitro benzene ring substituents is 1. The zero-order valence-corrected chi connectivity index (χ0v) is 13.6. The topological polar surface area (TPSA) is 93.3 Å². The van der Waals surface area contributed by atoms with Crippen LogP contribution in [0.15, 0.2) is 30.5 Å². The summed E-state index contributed by atoms with van der Waals surface area (Å²) in [6.07, 6.45) is 1.70. The lowest BCUT2D eigenvalue weighted by atomic mass is 10.1. The second kappa shape index (κ2) is 6.40. The summed E-state index contributed by atoms with van der Waals surface area (Å²) < 4.78 is 1.59. The average molecular weight is 329 g/mol. The lowest BCUT2D eigenvalue weighted by Crippen LogP contribution is -2.51. The second-order valence-corrected chi connectivity index (χ2v) is 5.98. The summed E-state index contributed by atoms with van der Waals surface area (Å²) >= 11 is 0. The fraction of sp³-hybridized carbons (Fsp3) is 0.375. The number of rotatable bonds is 3. The van der Waals surface area contributed by atoms with Crippen LogP contribution in [0.5, 0.6) is 0 Å². The molecule has 8 nitrogen and oxygen atoms in total. The third-order valence-electron chi connectivity index (χ3n) is 4.07. The molecular weight excluding hydrogens is 310 g/mol. The van der Waals surface area contributed by atoms with E-state index >= 15 is 0 Å². The highest BCUT2D eigenvalue weighted by molar-refractivity contribution is 6.00. The van der Waals surface area contributed by atoms with Gasteiger partial charge in [-0.3, -0.25) is 19.6 Å². The lowest BCUT2D eigenvalue weighted by Gasteiger charge is -2.31. The van der Waals surface area contributed by atoms with Crippen molar-refractivity contribution in [2.45, 2.75) is 13.0 Å². The number of nitrogens with one attached hydrogen (secondary N) is 1. The molecule has 1 fully saturated rings. The van der Waals surface area contributed by atoms with Gasteiger partial charge in [-0.2, -0.15) is 5.10 Å². The van der Waals surface area contributed by atoms with Crippen molar-refractivity contribution in [3.8, 4) is 11.3 Å². The molecule has 8 heteroatoms. The molecule has 2 aromatic rings. The predicted molar refractivity (Wildman–Crippen MR) is 88.7 cm³/mol. The molecule has 0 spiro atoms. The molecule has 1 N–H and O–H groups in total. The van der Waals surface area contributed by atoms with E-state index in [-0.39, 0.29) is 17.6 Å². The number of carbonyl (C=O) groups excluding carboxylic acids is 1. The van der Waals surface area contributed by atoms with Gasteiger partial charge in [-0.1, -0.05) is 0 Å². The first-order valence-corrected chi connectivity index (χ1v) is 7.77. The van der Waals surface area contributed by atoms with E-state index in [1.165, 1.54) is 12.1 Å². The van der Waals surface area contributed by atoms with Gasteiger partial charge in [0.25, 0.3) is 11.6 Å². The van der Waals surface area contributed by atoms with Crippen molar-refractivity contribution in [1.82, 2.24) is 20.0 Å². The number of nitro benzene ring substituents is 1. The van der Waals surface area contributed by atoms with E-state index in [0.29, 0.717) is 29.9 Å². The maximum Gasteiger partial charge on any atom is 0.269 e. The number of amides is 1. The van der Waals surface area contributed by atoms with Gasteiger partial charge in [0.05, 0.1) is 10.5 Å². The Morgan fingerprint density at radius 2 is 2.08 bits per heavy atom. The summed E-state index contributed by atoms with van der Waals surface area (Å²) in [5.74, 6) is -0.0650. The first kappa shape index (κ1) is 16.1. The second-order valence-electron chi connectivity index (χ2n) is 5.98. The smallest absolute Gasteiger partial charge is 0.269 e. The van der Waals surface area contributed by atoms with Crippen LogP contribution in [0.3, 0.4) is 0 Å². The minimum absolute atomic E-state index is 0.0125. The summed E-state index contributed by atoms with van der Waals surface area (Å²) in [7, 11) is 1.76. The van der Waals surface area contributed by atoms with E-state index in [2.05, 4.69) is 10.4 Å². The quantitative estimate of drug-likeness (QED) is 0.679. The third kappa shape index (κ3) is 3.13. The summed E-state index contributed by atoms with van der Waals surface area (Å²) in [6, 6.07) is 6.34. The van der Waals surface area contributed by atoms with Crippen molar-refractivity contribution >= 4 is 11.6 Å². The molecule has 126 valence electrons. The number of nitro groups is 1. The molecule has 0 bridgehead atoms. The van der Waals surface area contributed by atoms with E-state index < -0.39 is 4.92 Å². The molecule has 1 aliphatic rings. The molecule has 1 atom stereocenters. The van der Waals surface area contributed by atoms with Crippen molar-refractivity contribution in [3.05, 3.63) is 46.1 Å². The molecule has 1 aromatic heterocycles. The highest BCUT2D eigenvalue weighted by atomic mass is 16.6. The van der Waals surface area contributed by atoms with Crippen molar-refractivity contribution in [1.29, 1.82) is 0 Å². The van der Waals surface area contributed by atoms with Crippen LogP contribution in [-0.4, -0.2) is 51.2 Å². The Bertz CT molecular complexity index is 769. The molecule has 2 heterocycles. The summed E-state index contributed by atoms with van der Waals surface area (Å²) in [6.45, 7) is 4.10. The van der Waals surface area contributed by atoms with Crippen molar-refractivity contribution in [2.24, 2.45) is 7.05 Å². The maximum atomic E-state index is 12.9. The molecule has 1 saturated heterocycles. The normalized spacial score (nSPS) is 17.8. The van der Waals surface area contributed by atoms with Gasteiger partial charge in [0.1, 0.15) is 5.69 Å². The van der Waals surface area contributed by atoms with Crippen LogP contribution in [0.25, 0.3) is 11.3 Å². The molecule has 24 heavy (non-hydrogen) atoms. The van der Waals surface area contributed by atoms with E-state index in [9.17, 15) is 14.9 Å². The largest absolute Gasteiger partial charge is 0.336 e. The number of hydrogen-bond acceptors (Lipinski definition) is 5. The van der Waals surface area contributed by atoms with Crippen molar-refractivity contribution in [2.75, 3.05) is 19.6 Å². The first-order valence-electron chi connectivity index (χ1n) is 7.77. The van der Waals surface area contributed by atoms with E-state index in [4.69, 9.17) is 0 Å². The third-order valence-corrected chi connectivity index (χ3v) is 4.07. The van der Waals surface area contributed by atoms with Crippen LogP contribution in [0.1, 0.15) is 17.3 Å². The fourth-order valence-corrected chi connectivity index (χ4v) is 2.89. The maximum absolute atomic E-state index is 12.9. The Morgan fingerprint density at radius 1 is 1.38 bits per heavy atom. The number of hydrogen-bond donors (Lipinski definition) is 1. The molecule has 0 radical (unpaired) electrons. The zero-order chi connectivity index (χ0) is 17.3. The summed E-state index contributed by atoms with van der Waals surface area (Å²) in [4.78, 5) is 25.0. The number of aromatic nitrogens is 2. The van der Waals surface area contributed by atoms with Crippen molar-refractivity contribution < 1.29 is 9.72 Å². The fourth-order valence-electron chi connectivity index (χ4n) is 2.89. The minimum Gasteiger partial charge on any atom is -0.336 e.